The van der Waals surface area contributed by atoms with E-state index in [-0.39, 0.29) is 12.1 Å². The molecule has 0 fully saturated rings. The van der Waals surface area contributed by atoms with Crippen molar-refractivity contribution in [3.8, 4) is 5.75 Å². The monoisotopic (exact) mass is 257 g/mol. The second kappa shape index (κ2) is 4.38. The molecule has 100 valence electrons. The van der Waals surface area contributed by atoms with Gasteiger partial charge in [-0.15, -0.1) is 0 Å². The van der Waals surface area contributed by atoms with E-state index in [9.17, 15) is 0 Å². The van der Waals surface area contributed by atoms with E-state index < -0.39 is 0 Å². The fourth-order valence-electron chi connectivity index (χ4n) is 2.75. The van der Waals surface area contributed by atoms with Gasteiger partial charge in [0.05, 0.1) is 5.69 Å². The van der Waals surface area contributed by atoms with Crippen LogP contribution >= 0.6 is 0 Å². The van der Waals surface area contributed by atoms with Gasteiger partial charge in [-0.05, 0) is 19.9 Å². The molecule has 2 N–H and O–H groups in total. The Bertz CT molecular complexity index is 618. The van der Waals surface area contributed by atoms with Crippen LogP contribution in [0.3, 0.4) is 0 Å². The Labute approximate surface area is 113 Å². The molecule has 0 saturated heterocycles. The van der Waals surface area contributed by atoms with Crippen LogP contribution in [0.4, 0.5) is 0 Å². The molecule has 4 heteroatoms. The summed E-state index contributed by atoms with van der Waals surface area (Å²) in [5.41, 5.74) is 10.8. The smallest absolute Gasteiger partial charge is 0.129 e. The summed E-state index contributed by atoms with van der Waals surface area (Å²) in [6.07, 6.45) is 2.81. The van der Waals surface area contributed by atoms with Crippen LogP contribution in [0.15, 0.2) is 24.4 Å². The third-order valence-corrected chi connectivity index (χ3v) is 3.70. The van der Waals surface area contributed by atoms with Gasteiger partial charge in [0.25, 0.3) is 0 Å². The van der Waals surface area contributed by atoms with Gasteiger partial charge in [-0.2, -0.15) is 5.10 Å². The maximum atomic E-state index is 6.29. The molecule has 0 aliphatic carbocycles. The zero-order chi connectivity index (χ0) is 13.6. The highest BCUT2D eigenvalue weighted by molar-refractivity contribution is 5.41. The fraction of sp³-hybridized carbons (Fsp3) is 0.400. The third kappa shape index (κ3) is 2.12. The lowest BCUT2D eigenvalue weighted by molar-refractivity contribution is 0.161. The van der Waals surface area contributed by atoms with Gasteiger partial charge in [0.2, 0.25) is 0 Å². The zero-order valence-electron chi connectivity index (χ0n) is 11.6. The average molecular weight is 257 g/mol. The first kappa shape index (κ1) is 12.2. The van der Waals surface area contributed by atoms with Gasteiger partial charge < -0.3 is 10.5 Å². The second-order valence-electron chi connectivity index (χ2n) is 5.33. The highest BCUT2D eigenvalue weighted by Gasteiger charge is 2.29. The lowest BCUT2D eigenvalue weighted by Gasteiger charge is -2.30. The summed E-state index contributed by atoms with van der Waals surface area (Å²) in [5, 5.41) is 4.38. The molecule has 2 aromatic rings. The summed E-state index contributed by atoms with van der Waals surface area (Å²) in [7, 11) is 1.93. The molecule has 1 unspecified atom stereocenters. The molecular formula is C15H19N3O. The van der Waals surface area contributed by atoms with E-state index in [4.69, 9.17) is 10.5 Å². The molecule has 0 amide bonds. The van der Waals surface area contributed by atoms with E-state index >= 15 is 0 Å². The van der Waals surface area contributed by atoms with Crippen molar-refractivity contribution in [3.63, 3.8) is 0 Å². The van der Waals surface area contributed by atoms with Crippen LogP contribution in [0.2, 0.25) is 0 Å². The SMILES string of the molecule is Cc1ccc2c(c1)[C@H](N)CC(c1cn(C)nc1C)O2. The fourth-order valence-corrected chi connectivity index (χ4v) is 2.75. The summed E-state index contributed by atoms with van der Waals surface area (Å²) in [5.74, 6) is 0.901. The van der Waals surface area contributed by atoms with Crippen LogP contribution in [-0.4, -0.2) is 9.78 Å². The van der Waals surface area contributed by atoms with Gasteiger partial charge in [-0.1, -0.05) is 17.7 Å². The number of rotatable bonds is 1. The molecule has 3 rings (SSSR count). The predicted octanol–water partition coefficient (Wildman–Crippen LogP) is 2.56. The predicted molar refractivity (Wildman–Crippen MR) is 74.0 cm³/mol. The Balaban J connectivity index is 1.97. The van der Waals surface area contributed by atoms with Crippen LogP contribution in [0, 0.1) is 13.8 Å². The van der Waals surface area contributed by atoms with Gasteiger partial charge in [-0.3, -0.25) is 4.68 Å². The minimum Gasteiger partial charge on any atom is -0.485 e. The molecule has 2 heterocycles. The van der Waals surface area contributed by atoms with Crippen LogP contribution in [0.1, 0.15) is 41.0 Å². The van der Waals surface area contributed by atoms with Crippen molar-refractivity contribution in [1.29, 1.82) is 0 Å². The quantitative estimate of drug-likeness (QED) is 0.854. The molecule has 1 aliphatic rings. The summed E-state index contributed by atoms with van der Waals surface area (Å²) >= 11 is 0. The first-order valence-electron chi connectivity index (χ1n) is 6.57. The Morgan fingerprint density at radius 1 is 1.32 bits per heavy atom. The molecule has 0 radical (unpaired) electrons. The van der Waals surface area contributed by atoms with Crippen LogP contribution < -0.4 is 10.5 Å². The lowest BCUT2D eigenvalue weighted by Crippen LogP contribution is -2.24. The van der Waals surface area contributed by atoms with Crippen molar-refractivity contribution >= 4 is 0 Å². The van der Waals surface area contributed by atoms with E-state index in [1.165, 1.54) is 5.56 Å². The van der Waals surface area contributed by atoms with Crippen LogP contribution in [-0.2, 0) is 7.05 Å². The molecule has 1 aliphatic heterocycles. The molecule has 2 atom stereocenters. The topological polar surface area (TPSA) is 53.1 Å². The highest BCUT2D eigenvalue weighted by atomic mass is 16.5. The molecule has 1 aromatic heterocycles. The number of benzene rings is 1. The molecule has 1 aromatic carbocycles. The van der Waals surface area contributed by atoms with Crippen molar-refractivity contribution in [2.75, 3.05) is 0 Å². The van der Waals surface area contributed by atoms with E-state index in [2.05, 4.69) is 24.2 Å². The first-order chi connectivity index (χ1) is 9.04. The van der Waals surface area contributed by atoms with E-state index in [0.29, 0.717) is 0 Å². The molecule has 0 bridgehead atoms. The average Bonchev–Trinajstić information content (AvgIpc) is 2.69. The summed E-state index contributed by atoms with van der Waals surface area (Å²) < 4.78 is 7.93. The van der Waals surface area contributed by atoms with E-state index in [1.807, 2.05) is 30.9 Å². The summed E-state index contributed by atoms with van der Waals surface area (Å²) in [6, 6.07) is 6.21. The minimum absolute atomic E-state index is 0.00101. The second-order valence-corrected chi connectivity index (χ2v) is 5.33. The number of nitrogens with two attached hydrogens (primary N) is 1. The number of aryl methyl sites for hydroxylation is 3. The largest absolute Gasteiger partial charge is 0.485 e. The number of hydrogen-bond acceptors (Lipinski definition) is 3. The van der Waals surface area contributed by atoms with Gasteiger partial charge in [0.15, 0.2) is 0 Å². The van der Waals surface area contributed by atoms with Gasteiger partial charge in [0.1, 0.15) is 11.9 Å². The van der Waals surface area contributed by atoms with Crippen molar-refractivity contribution in [2.45, 2.75) is 32.4 Å². The molecule has 19 heavy (non-hydrogen) atoms. The van der Waals surface area contributed by atoms with Crippen LogP contribution in [0.25, 0.3) is 0 Å². The minimum atomic E-state index is -0.00101. The standard InChI is InChI=1S/C15H19N3O/c1-9-4-5-14-11(6-9)13(16)7-15(19-14)12-8-18(3)17-10(12)2/h4-6,8,13,15H,7,16H2,1-3H3/t13-,15?/m1/s1. The van der Waals surface area contributed by atoms with Crippen molar-refractivity contribution in [3.05, 3.63) is 46.8 Å². The van der Waals surface area contributed by atoms with Crippen molar-refractivity contribution in [2.24, 2.45) is 12.8 Å². The van der Waals surface area contributed by atoms with Gasteiger partial charge in [-0.25, -0.2) is 0 Å². The number of aromatic nitrogens is 2. The molecular weight excluding hydrogens is 238 g/mol. The summed E-state index contributed by atoms with van der Waals surface area (Å²) in [6.45, 7) is 4.08. The van der Waals surface area contributed by atoms with Crippen molar-refractivity contribution in [1.82, 2.24) is 9.78 Å². The Kier molecular flexibility index (Phi) is 2.82. The Hall–Kier alpha value is -1.81. The number of fused-ring (bicyclic) bond motifs is 1. The van der Waals surface area contributed by atoms with E-state index in [1.54, 1.807) is 0 Å². The Morgan fingerprint density at radius 2 is 2.11 bits per heavy atom. The maximum absolute atomic E-state index is 6.29. The Morgan fingerprint density at radius 3 is 2.79 bits per heavy atom. The molecule has 0 spiro atoms. The maximum Gasteiger partial charge on any atom is 0.129 e. The molecule has 0 saturated carbocycles. The summed E-state index contributed by atoms with van der Waals surface area (Å²) in [4.78, 5) is 0. The van der Waals surface area contributed by atoms with E-state index in [0.717, 1.165) is 29.0 Å². The molecule has 4 nitrogen and oxygen atoms in total. The lowest BCUT2D eigenvalue weighted by atomic mass is 9.93. The zero-order valence-corrected chi connectivity index (χ0v) is 11.6. The third-order valence-electron chi connectivity index (χ3n) is 3.70. The van der Waals surface area contributed by atoms with Crippen LogP contribution in [0.5, 0.6) is 5.75 Å². The number of nitrogens with zero attached hydrogens (tertiary/aromatic N) is 2. The van der Waals surface area contributed by atoms with Crippen molar-refractivity contribution < 1.29 is 4.74 Å². The normalized spacial score (nSPS) is 21.9. The first-order valence-corrected chi connectivity index (χ1v) is 6.57. The highest BCUT2D eigenvalue weighted by Crippen LogP contribution is 2.40. The number of ether oxygens (including phenoxy) is 1. The van der Waals surface area contributed by atoms with Gasteiger partial charge in [0, 0.05) is 36.8 Å². The van der Waals surface area contributed by atoms with Gasteiger partial charge >= 0.3 is 0 Å². The number of hydrogen-bond donors (Lipinski definition) is 1.